The van der Waals surface area contributed by atoms with Gasteiger partial charge < -0.3 is 4.43 Å². The van der Waals surface area contributed by atoms with Crippen molar-refractivity contribution in [2.45, 2.75) is 63.6 Å². The van der Waals surface area contributed by atoms with Crippen LogP contribution in [0.15, 0.2) is 29.2 Å². The van der Waals surface area contributed by atoms with E-state index < -0.39 is 19.1 Å². The molecule has 23 heavy (non-hydrogen) atoms. The Morgan fingerprint density at radius 3 is 2.26 bits per heavy atom. The Kier molecular flexibility index (Phi) is 7.36. The Labute approximate surface area is 144 Å². The smallest absolute Gasteiger partial charge is 0.191 e. The van der Waals surface area contributed by atoms with Gasteiger partial charge in [0.2, 0.25) is 0 Å². The first kappa shape index (κ1) is 20.3. The van der Waals surface area contributed by atoms with Crippen LogP contribution in [0.2, 0.25) is 18.1 Å². The molecule has 1 aromatic carbocycles. The van der Waals surface area contributed by atoms with Crippen molar-refractivity contribution in [2.24, 2.45) is 0 Å². The van der Waals surface area contributed by atoms with Gasteiger partial charge in [0.15, 0.2) is 8.32 Å². The molecule has 0 aliphatic rings. The third kappa shape index (κ3) is 6.69. The molecule has 0 saturated heterocycles. The van der Waals surface area contributed by atoms with Gasteiger partial charge in [0.25, 0.3) is 0 Å². The molecule has 5 heteroatoms. The Bertz CT molecular complexity index is 544. The lowest BCUT2D eigenvalue weighted by atomic mass is 10.2. The van der Waals surface area contributed by atoms with E-state index in [0.717, 1.165) is 10.5 Å². The van der Waals surface area contributed by atoms with Crippen LogP contribution in [0.5, 0.6) is 0 Å². The first-order chi connectivity index (χ1) is 10.5. The molecule has 0 heterocycles. The lowest BCUT2D eigenvalue weighted by Crippen LogP contribution is -2.41. The zero-order valence-corrected chi connectivity index (χ0v) is 17.1. The number of Topliss-reactive ketones (excluding diaryl/α,β-unsaturated/α-hetero) is 1. The quantitative estimate of drug-likeness (QED) is 0.511. The SMILES string of the molecule is Cc1ccc(S(=O)CC(=O)CCCO[Si](C)(C)C(C)(C)C)cc1. The number of hydrogen-bond donors (Lipinski definition) is 0. The third-order valence-electron chi connectivity index (χ3n) is 4.45. The standard InChI is InChI=1S/C18H30O3SSi/c1-15-9-11-17(12-10-15)22(20)14-16(19)8-7-13-21-23(5,6)18(2,3)4/h9-12H,7-8,13-14H2,1-6H3. The first-order valence-electron chi connectivity index (χ1n) is 8.13. The molecule has 1 unspecified atom stereocenters. The Morgan fingerprint density at radius 1 is 1.17 bits per heavy atom. The zero-order valence-electron chi connectivity index (χ0n) is 15.3. The van der Waals surface area contributed by atoms with Crippen LogP contribution in [0.25, 0.3) is 0 Å². The monoisotopic (exact) mass is 354 g/mol. The molecular weight excluding hydrogens is 324 g/mol. The molecule has 1 aromatic rings. The molecule has 0 aliphatic carbocycles. The molecule has 0 fully saturated rings. The number of ketones is 1. The summed E-state index contributed by atoms with van der Waals surface area (Å²) in [6.07, 6.45) is 1.14. The fraction of sp³-hybridized carbons (Fsp3) is 0.611. The Balaban J connectivity index is 2.35. The van der Waals surface area contributed by atoms with Crippen LogP contribution in [0.3, 0.4) is 0 Å². The molecule has 1 rings (SSSR count). The van der Waals surface area contributed by atoms with Crippen molar-refractivity contribution in [3.8, 4) is 0 Å². The molecule has 0 amide bonds. The van der Waals surface area contributed by atoms with E-state index in [1.54, 1.807) is 0 Å². The first-order valence-corrected chi connectivity index (χ1v) is 12.4. The number of rotatable bonds is 8. The van der Waals surface area contributed by atoms with E-state index in [9.17, 15) is 9.00 Å². The van der Waals surface area contributed by atoms with Gasteiger partial charge in [0, 0.05) is 17.9 Å². The highest BCUT2D eigenvalue weighted by Crippen LogP contribution is 2.36. The average Bonchev–Trinajstić information content (AvgIpc) is 2.43. The number of benzene rings is 1. The lowest BCUT2D eigenvalue weighted by Gasteiger charge is -2.36. The molecule has 3 nitrogen and oxygen atoms in total. The topological polar surface area (TPSA) is 43.4 Å². The van der Waals surface area contributed by atoms with E-state index in [1.165, 1.54) is 0 Å². The van der Waals surface area contributed by atoms with Gasteiger partial charge in [0.05, 0.1) is 16.6 Å². The van der Waals surface area contributed by atoms with Crippen LogP contribution in [-0.4, -0.2) is 30.7 Å². The highest BCUT2D eigenvalue weighted by Gasteiger charge is 2.36. The van der Waals surface area contributed by atoms with Crippen LogP contribution >= 0.6 is 0 Å². The van der Waals surface area contributed by atoms with E-state index in [4.69, 9.17) is 4.43 Å². The van der Waals surface area contributed by atoms with Gasteiger partial charge in [-0.2, -0.15) is 0 Å². The van der Waals surface area contributed by atoms with Crippen LogP contribution in [0, 0.1) is 6.92 Å². The van der Waals surface area contributed by atoms with Gasteiger partial charge in [-0.1, -0.05) is 38.5 Å². The zero-order chi connectivity index (χ0) is 17.7. The average molecular weight is 355 g/mol. The van der Waals surface area contributed by atoms with Gasteiger partial charge >= 0.3 is 0 Å². The Hall–Kier alpha value is -0.783. The maximum Gasteiger partial charge on any atom is 0.191 e. The molecule has 0 N–H and O–H groups in total. The molecule has 130 valence electrons. The highest BCUT2D eigenvalue weighted by molar-refractivity contribution is 7.85. The largest absolute Gasteiger partial charge is 0.417 e. The minimum absolute atomic E-state index is 0.0442. The summed E-state index contributed by atoms with van der Waals surface area (Å²) < 4.78 is 18.2. The predicted molar refractivity (Wildman–Crippen MR) is 99.8 cm³/mol. The maximum absolute atomic E-state index is 12.2. The molecule has 0 bridgehead atoms. The number of carbonyl (C=O) groups excluding carboxylic acids is 1. The predicted octanol–water partition coefficient (Wildman–Crippen LogP) is 4.47. The second-order valence-corrected chi connectivity index (χ2v) is 13.8. The number of hydrogen-bond acceptors (Lipinski definition) is 3. The molecule has 0 aromatic heterocycles. The van der Waals surface area contributed by atoms with Crippen molar-refractivity contribution in [3.05, 3.63) is 29.8 Å². The van der Waals surface area contributed by atoms with Crippen molar-refractivity contribution < 1.29 is 13.4 Å². The van der Waals surface area contributed by atoms with Crippen molar-refractivity contribution in [2.75, 3.05) is 12.4 Å². The minimum Gasteiger partial charge on any atom is -0.417 e. The summed E-state index contributed by atoms with van der Waals surface area (Å²) in [5, 5.41) is 0.184. The van der Waals surface area contributed by atoms with Crippen molar-refractivity contribution in [1.29, 1.82) is 0 Å². The van der Waals surface area contributed by atoms with Crippen molar-refractivity contribution >= 4 is 24.9 Å². The van der Waals surface area contributed by atoms with Crippen molar-refractivity contribution in [3.63, 3.8) is 0 Å². The summed E-state index contributed by atoms with van der Waals surface area (Å²) in [4.78, 5) is 12.7. The maximum atomic E-state index is 12.2. The van der Waals surface area contributed by atoms with Crippen molar-refractivity contribution in [1.82, 2.24) is 0 Å². The van der Waals surface area contributed by atoms with E-state index >= 15 is 0 Å². The second-order valence-electron chi connectivity index (χ2n) is 7.55. The van der Waals surface area contributed by atoms with E-state index in [2.05, 4.69) is 33.9 Å². The second kappa shape index (κ2) is 8.35. The minimum atomic E-state index is -1.74. The number of aryl methyl sites for hydroxylation is 1. The molecule has 0 radical (unpaired) electrons. The summed E-state index contributed by atoms with van der Waals surface area (Å²) >= 11 is 0. The van der Waals surface area contributed by atoms with Gasteiger partial charge in [-0.25, -0.2) is 0 Å². The van der Waals surface area contributed by atoms with E-state index in [0.29, 0.717) is 19.4 Å². The van der Waals surface area contributed by atoms with Crippen LogP contribution in [0.4, 0.5) is 0 Å². The van der Waals surface area contributed by atoms with Gasteiger partial charge in [-0.3, -0.25) is 9.00 Å². The number of carbonyl (C=O) groups is 1. The third-order valence-corrected chi connectivity index (χ3v) is 10.4. The molecule has 0 spiro atoms. The van der Waals surface area contributed by atoms with Crippen LogP contribution in [-0.2, 0) is 20.0 Å². The fourth-order valence-corrected chi connectivity index (χ4v) is 3.94. The fourth-order valence-electron chi connectivity index (χ4n) is 1.80. The summed E-state index contributed by atoms with van der Waals surface area (Å²) in [7, 11) is -2.98. The van der Waals surface area contributed by atoms with E-state index in [-0.39, 0.29) is 16.6 Å². The van der Waals surface area contributed by atoms with Crippen LogP contribution in [0.1, 0.15) is 39.2 Å². The molecular formula is C18H30O3SSi. The Morgan fingerprint density at radius 2 is 1.74 bits per heavy atom. The summed E-state index contributed by atoms with van der Waals surface area (Å²) in [5.41, 5.74) is 1.12. The summed E-state index contributed by atoms with van der Waals surface area (Å²) in [5.74, 6) is 0.145. The summed E-state index contributed by atoms with van der Waals surface area (Å²) in [6, 6.07) is 7.51. The van der Waals surface area contributed by atoms with E-state index in [1.807, 2.05) is 31.2 Å². The van der Waals surface area contributed by atoms with Gasteiger partial charge in [0.1, 0.15) is 5.78 Å². The molecule has 1 atom stereocenters. The molecule has 0 saturated carbocycles. The normalized spacial score (nSPS) is 13.8. The lowest BCUT2D eigenvalue weighted by molar-refractivity contribution is -0.116. The highest BCUT2D eigenvalue weighted by atomic mass is 32.2. The van der Waals surface area contributed by atoms with Crippen LogP contribution < -0.4 is 0 Å². The van der Waals surface area contributed by atoms with Gasteiger partial charge in [-0.15, -0.1) is 0 Å². The molecule has 0 aliphatic heterocycles. The van der Waals surface area contributed by atoms with Gasteiger partial charge in [-0.05, 0) is 43.6 Å². The summed E-state index contributed by atoms with van der Waals surface area (Å²) in [6.45, 7) is 13.6.